The Balaban J connectivity index is 1.15. The molecular formula is C55H82F4O. The minimum atomic E-state index is -3.23. The first-order valence-electron chi connectivity index (χ1n) is 25.6. The third-order valence-corrected chi connectivity index (χ3v) is 16.5. The van der Waals surface area contributed by atoms with Gasteiger partial charge in [-0.05, 0) is 148 Å². The molecule has 2 aromatic rings. The molecule has 2 aromatic carbocycles. The third kappa shape index (κ3) is 12.1. The number of rotatable bonds is 20. The van der Waals surface area contributed by atoms with Gasteiger partial charge >= 0.3 is 0 Å². The van der Waals surface area contributed by atoms with Crippen LogP contribution in [0.25, 0.3) is 0 Å². The summed E-state index contributed by atoms with van der Waals surface area (Å²) in [5.74, 6) is -2.03. The number of ketones is 1. The highest BCUT2D eigenvalue weighted by Crippen LogP contribution is 2.48. The highest BCUT2D eigenvalue weighted by molar-refractivity contribution is 6.11. The van der Waals surface area contributed by atoms with Crippen LogP contribution < -0.4 is 0 Å². The molecule has 0 unspecified atom stereocenters. The molecule has 1 nitrogen and oxygen atoms in total. The number of benzene rings is 2. The molecule has 0 spiro atoms. The van der Waals surface area contributed by atoms with Gasteiger partial charge in [0.2, 0.25) is 0 Å². The molecular weight excluding hydrogens is 753 g/mol. The summed E-state index contributed by atoms with van der Waals surface area (Å²) in [7, 11) is 0. The van der Waals surface area contributed by atoms with Crippen molar-refractivity contribution >= 4 is 5.78 Å². The van der Waals surface area contributed by atoms with Crippen molar-refractivity contribution in [3.05, 3.63) is 69.8 Å². The van der Waals surface area contributed by atoms with Gasteiger partial charge in [0.25, 0.3) is 11.8 Å². The molecule has 0 amide bonds. The fourth-order valence-corrected chi connectivity index (χ4v) is 12.8. The van der Waals surface area contributed by atoms with Crippen molar-refractivity contribution in [3.63, 3.8) is 0 Å². The van der Waals surface area contributed by atoms with Crippen LogP contribution in [0.2, 0.25) is 0 Å². The minimum absolute atomic E-state index is 0.122. The maximum atomic E-state index is 16.2. The fourth-order valence-electron chi connectivity index (χ4n) is 12.8. The molecule has 6 rings (SSSR count). The molecule has 4 aliphatic carbocycles. The lowest BCUT2D eigenvalue weighted by Crippen LogP contribution is -2.26. The van der Waals surface area contributed by atoms with Crippen LogP contribution in [0.1, 0.15) is 257 Å². The van der Waals surface area contributed by atoms with E-state index in [2.05, 4.69) is 13.8 Å². The van der Waals surface area contributed by atoms with Crippen LogP contribution >= 0.6 is 0 Å². The lowest BCUT2D eigenvalue weighted by atomic mass is 9.67. The Morgan fingerprint density at radius 2 is 0.800 bits per heavy atom. The van der Waals surface area contributed by atoms with Gasteiger partial charge in [0.05, 0.1) is 0 Å². The number of hydrogen-bond acceptors (Lipinski definition) is 1. The molecule has 60 heavy (non-hydrogen) atoms. The Kier molecular flexibility index (Phi) is 17.7. The number of hydrogen-bond donors (Lipinski definition) is 0. The lowest BCUT2D eigenvalue weighted by molar-refractivity contribution is -0.0152. The Bertz CT molecular complexity index is 1480. The van der Waals surface area contributed by atoms with Crippen LogP contribution in [-0.4, -0.2) is 5.78 Å². The zero-order chi connectivity index (χ0) is 42.7. The largest absolute Gasteiger partial charge is 0.289 e. The summed E-state index contributed by atoms with van der Waals surface area (Å²) in [6, 6.07) is 10.0. The van der Waals surface area contributed by atoms with Crippen molar-refractivity contribution < 1.29 is 22.4 Å². The average Bonchev–Trinajstić information content (AvgIpc) is 3.26. The standard InChI is InChI=1S/C55H82F4O/c1-5-9-11-13-39-15-19-41(20-16-39)43-23-27-45(28-24-43)47-31-33-49(51(37-47)54(56,57)35-7-3)53(60)50-34-32-48(38-52(50)55(58,59)36-8-4)46-29-25-44(26-30-46)42-21-17-40(18-22-42)14-12-10-6-2/h31-34,37-46H,5-30,35-36H2,1-4H3. The number of alkyl halides is 4. The normalized spacial score (nSPS) is 28.1. The van der Waals surface area contributed by atoms with Crippen molar-refractivity contribution in [1.29, 1.82) is 0 Å². The van der Waals surface area contributed by atoms with E-state index in [9.17, 15) is 4.79 Å². The van der Waals surface area contributed by atoms with E-state index in [1.807, 2.05) is 12.1 Å². The van der Waals surface area contributed by atoms with Crippen LogP contribution in [0.5, 0.6) is 0 Å². The van der Waals surface area contributed by atoms with Gasteiger partial charge in [-0.15, -0.1) is 0 Å². The lowest BCUT2D eigenvalue weighted by Gasteiger charge is -2.38. The van der Waals surface area contributed by atoms with E-state index in [-0.39, 0.29) is 59.8 Å². The first kappa shape index (κ1) is 47.3. The fraction of sp³-hybridized carbons (Fsp3) is 0.764. The van der Waals surface area contributed by atoms with Crippen molar-refractivity contribution in [3.8, 4) is 0 Å². The zero-order valence-corrected chi connectivity index (χ0v) is 38.3. The van der Waals surface area contributed by atoms with Gasteiger partial charge in [-0.2, -0.15) is 0 Å². The molecule has 4 fully saturated rings. The Hall–Kier alpha value is -2.17. The summed E-state index contributed by atoms with van der Waals surface area (Å²) in [4.78, 5) is 14.5. The van der Waals surface area contributed by atoms with Gasteiger partial charge < -0.3 is 0 Å². The molecule has 0 aliphatic heterocycles. The van der Waals surface area contributed by atoms with Crippen LogP contribution in [-0.2, 0) is 11.8 Å². The molecule has 0 heterocycles. The first-order valence-corrected chi connectivity index (χ1v) is 25.6. The smallest absolute Gasteiger partial charge is 0.273 e. The van der Waals surface area contributed by atoms with Gasteiger partial charge in [-0.3, -0.25) is 4.79 Å². The number of unbranched alkanes of at least 4 members (excludes halogenated alkanes) is 4. The number of carbonyl (C=O) groups is 1. The highest BCUT2D eigenvalue weighted by atomic mass is 19.3. The number of halogens is 4. The van der Waals surface area contributed by atoms with Crippen molar-refractivity contribution in [2.24, 2.45) is 35.5 Å². The molecule has 0 aromatic heterocycles. The molecule has 4 aliphatic rings. The predicted molar refractivity (Wildman–Crippen MR) is 242 cm³/mol. The Morgan fingerprint density at radius 3 is 1.12 bits per heavy atom. The second kappa shape index (κ2) is 22.4. The maximum Gasteiger partial charge on any atom is 0.273 e. The van der Waals surface area contributed by atoms with Gasteiger partial charge in [-0.25, -0.2) is 17.6 Å². The summed E-state index contributed by atoms with van der Waals surface area (Å²) in [6.07, 6.45) is 29.6. The average molecular weight is 835 g/mol. The second-order valence-corrected chi connectivity index (χ2v) is 20.6. The van der Waals surface area contributed by atoms with Crippen molar-refractivity contribution in [2.75, 3.05) is 0 Å². The van der Waals surface area contributed by atoms with E-state index in [0.717, 1.165) is 86.2 Å². The van der Waals surface area contributed by atoms with E-state index in [1.165, 1.54) is 103 Å². The zero-order valence-electron chi connectivity index (χ0n) is 38.3. The van der Waals surface area contributed by atoms with E-state index >= 15 is 17.6 Å². The van der Waals surface area contributed by atoms with Crippen LogP contribution in [0.15, 0.2) is 36.4 Å². The van der Waals surface area contributed by atoms with Crippen molar-refractivity contribution in [1.82, 2.24) is 0 Å². The topological polar surface area (TPSA) is 17.1 Å². The van der Waals surface area contributed by atoms with Crippen LogP contribution in [0.4, 0.5) is 17.6 Å². The minimum Gasteiger partial charge on any atom is -0.289 e. The van der Waals surface area contributed by atoms with Crippen LogP contribution in [0.3, 0.4) is 0 Å². The van der Waals surface area contributed by atoms with E-state index in [0.29, 0.717) is 11.8 Å². The summed E-state index contributed by atoms with van der Waals surface area (Å²) >= 11 is 0. The monoisotopic (exact) mass is 835 g/mol. The first-order chi connectivity index (χ1) is 29.0. The van der Waals surface area contributed by atoms with E-state index in [4.69, 9.17) is 0 Å². The van der Waals surface area contributed by atoms with Gasteiger partial charge in [-0.1, -0.05) is 142 Å². The second-order valence-electron chi connectivity index (χ2n) is 20.6. The van der Waals surface area contributed by atoms with Crippen LogP contribution in [0, 0.1) is 35.5 Å². The van der Waals surface area contributed by atoms with Gasteiger partial charge in [0, 0.05) is 35.1 Å². The summed E-state index contributed by atoms with van der Waals surface area (Å²) in [5, 5.41) is 0. The molecule has 5 heteroatoms. The number of carbonyl (C=O) groups excluding carboxylic acids is 1. The highest BCUT2D eigenvalue weighted by Gasteiger charge is 2.41. The quantitative estimate of drug-likeness (QED) is 0.0738. The summed E-state index contributed by atoms with van der Waals surface area (Å²) < 4.78 is 64.7. The van der Waals surface area contributed by atoms with E-state index < -0.39 is 17.6 Å². The third-order valence-electron chi connectivity index (χ3n) is 16.5. The Labute approximate surface area is 363 Å². The predicted octanol–water partition coefficient (Wildman–Crippen LogP) is 18.0. The molecule has 0 bridgehead atoms. The van der Waals surface area contributed by atoms with Gasteiger partial charge in [0.15, 0.2) is 5.78 Å². The maximum absolute atomic E-state index is 16.2. The summed E-state index contributed by atoms with van der Waals surface area (Å²) in [6.45, 7) is 8.01. The molecule has 0 saturated heterocycles. The molecule has 0 N–H and O–H groups in total. The van der Waals surface area contributed by atoms with Crippen molar-refractivity contribution in [2.45, 2.75) is 231 Å². The van der Waals surface area contributed by atoms with E-state index in [1.54, 1.807) is 38.1 Å². The SMILES string of the molecule is CCCCCC1CCC(C2CCC(c3ccc(C(=O)c4ccc(C5CCC(C6CCC(CCCCC)CC6)CC5)cc4C(F)(F)CCC)c(C(F)(F)CCC)c3)CC2)CC1. The summed E-state index contributed by atoms with van der Waals surface area (Å²) in [5.41, 5.74) is 0.942. The molecule has 4 saturated carbocycles. The molecule has 336 valence electrons. The Morgan fingerprint density at radius 1 is 0.467 bits per heavy atom. The molecule has 0 atom stereocenters. The van der Waals surface area contributed by atoms with Gasteiger partial charge in [0.1, 0.15) is 0 Å². The molecule has 0 radical (unpaired) electrons.